The van der Waals surface area contributed by atoms with Crippen LogP contribution in [0.2, 0.25) is 0 Å². The largest absolute Gasteiger partial charge is 0.493 e. The first-order valence-electron chi connectivity index (χ1n) is 8.67. The van der Waals surface area contributed by atoms with E-state index in [2.05, 4.69) is 5.32 Å². The van der Waals surface area contributed by atoms with Crippen LogP contribution < -0.4 is 19.5 Å². The summed E-state index contributed by atoms with van der Waals surface area (Å²) in [7, 11) is 4.53. The van der Waals surface area contributed by atoms with E-state index < -0.39 is 0 Å². The van der Waals surface area contributed by atoms with Gasteiger partial charge in [-0.15, -0.1) is 0 Å². The molecule has 1 aromatic heterocycles. The van der Waals surface area contributed by atoms with Gasteiger partial charge in [-0.05, 0) is 30.3 Å². The molecule has 28 heavy (non-hydrogen) atoms. The lowest BCUT2D eigenvalue weighted by atomic mass is 10.1. The number of fused-ring (bicyclic) bond motifs is 3. The van der Waals surface area contributed by atoms with E-state index in [0.29, 0.717) is 34.1 Å². The minimum absolute atomic E-state index is 0.297. The summed E-state index contributed by atoms with van der Waals surface area (Å²) < 4.78 is 21.8. The van der Waals surface area contributed by atoms with Gasteiger partial charge in [0.15, 0.2) is 11.5 Å². The summed E-state index contributed by atoms with van der Waals surface area (Å²) in [6.45, 7) is 0. The van der Waals surface area contributed by atoms with Crippen LogP contribution in [0.4, 0.5) is 5.69 Å². The summed E-state index contributed by atoms with van der Waals surface area (Å²) in [4.78, 5) is 12.8. The molecular formula is C22H19NO5. The molecule has 3 aromatic carbocycles. The number of methoxy groups -OCH3 is 3. The molecule has 1 N–H and O–H groups in total. The molecule has 0 atom stereocenters. The Hall–Kier alpha value is -3.67. The molecule has 0 fully saturated rings. The average Bonchev–Trinajstić information content (AvgIpc) is 3.10. The molecule has 4 rings (SSSR count). The highest BCUT2D eigenvalue weighted by atomic mass is 16.5. The van der Waals surface area contributed by atoms with E-state index in [-0.39, 0.29) is 5.91 Å². The SMILES string of the molecule is COc1cc(C(=O)Nc2ccc3c(c2)oc2ccccc23)cc(OC)c1OC. The normalized spacial score (nSPS) is 10.8. The molecular weight excluding hydrogens is 358 g/mol. The standard InChI is InChI=1S/C22H19NO5/c1-25-19-10-13(11-20(26-2)21(19)27-3)22(24)23-14-8-9-16-15-6-4-5-7-17(15)28-18(16)12-14/h4-12H,1-3H3,(H,23,24). The number of carbonyl (C=O) groups is 1. The molecule has 0 aliphatic carbocycles. The Morgan fingerprint density at radius 3 is 2.18 bits per heavy atom. The number of rotatable bonds is 5. The summed E-state index contributed by atoms with van der Waals surface area (Å²) in [6, 6.07) is 16.6. The van der Waals surface area contributed by atoms with E-state index in [4.69, 9.17) is 18.6 Å². The molecule has 0 radical (unpaired) electrons. The van der Waals surface area contributed by atoms with Crippen LogP contribution in [-0.2, 0) is 0 Å². The molecule has 0 unspecified atom stereocenters. The number of hydrogen-bond donors (Lipinski definition) is 1. The van der Waals surface area contributed by atoms with Gasteiger partial charge >= 0.3 is 0 Å². The van der Waals surface area contributed by atoms with Gasteiger partial charge in [-0.25, -0.2) is 0 Å². The number of amides is 1. The third kappa shape index (κ3) is 2.99. The predicted octanol–water partition coefficient (Wildman–Crippen LogP) is 4.86. The molecule has 0 saturated heterocycles. The second kappa shape index (κ2) is 7.15. The van der Waals surface area contributed by atoms with Crippen molar-refractivity contribution in [1.29, 1.82) is 0 Å². The van der Waals surface area contributed by atoms with Crippen molar-refractivity contribution in [1.82, 2.24) is 0 Å². The van der Waals surface area contributed by atoms with Gasteiger partial charge in [0.2, 0.25) is 5.75 Å². The number of hydrogen-bond acceptors (Lipinski definition) is 5. The van der Waals surface area contributed by atoms with Crippen molar-refractivity contribution >= 4 is 33.5 Å². The van der Waals surface area contributed by atoms with Gasteiger partial charge in [0.25, 0.3) is 5.91 Å². The van der Waals surface area contributed by atoms with E-state index in [1.165, 1.54) is 21.3 Å². The maximum Gasteiger partial charge on any atom is 0.255 e. The zero-order chi connectivity index (χ0) is 19.7. The van der Waals surface area contributed by atoms with Crippen LogP contribution in [0.3, 0.4) is 0 Å². The van der Waals surface area contributed by atoms with E-state index in [1.54, 1.807) is 12.1 Å². The van der Waals surface area contributed by atoms with Crippen LogP contribution >= 0.6 is 0 Å². The van der Waals surface area contributed by atoms with Crippen LogP contribution in [0.15, 0.2) is 59.0 Å². The molecule has 0 saturated carbocycles. The van der Waals surface area contributed by atoms with Gasteiger partial charge in [0, 0.05) is 28.1 Å². The van der Waals surface area contributed by atoms with E-state index in [9.17, 15) is 4.79 Å². The fourth-order valence-corrected chi connectivity index (χ4v) is 3.22. The van der Waals surface area contributed by atoms with Crippen LogP contribution in [0.25, 0.3) is 21.9 Å². The number of nitrogens with one attached hydrogen (secondary N) is 1. The Morgan fingerprint density at radius 1 is 0.821 bits per heavy atom. The summed E-state index contributed by atoms with van der Waals surface area (Å²) >= 11 is 0. The summed E-state index contributed by atoms with van der Waals surface area (Å²) in [6.07, 6.45) is 0. The highest BCUT2D eigenvalue weighted by Crippen LogP contribution is 2.38. The molecule has 0 aliphatic rings. The van der Waals surface area contributed by atoms with Crippen molar-refractivity contribution in [3.8, 4) is 17.2 Å². The van der Waals surface area contributed by atoms with Gasteiger partial charge < -0.3 is 23.9 Å². The van der Waals surface area contributed by atoms with E-state index in [1.807, 2.05) is 42.5 Å². The van der Waals surface area contributed by atoms with Crippen LogP contribution in [0.5, 0.6) is 17.2 Å². The third-order valence-corrected chi connectivity index (χ3v) is 4.56. The third-order valence-electron chi connectivity index (χ3n) is 4.56. The van der Waals surface area contributed by atoms with Crippen molar-refractivity contribution in [2.45, 2.75) is 0 Å². The predicted molar refractivity (Wildman–Crippen MR) is 108 cm³/mol. The zero-order valence-corrected chi connectivity index (χ0v) is 15.7. The summed E-state index contributed by atoms with van der Waals surface area (Å²) in [5.74, 6) is 0.972. The number of furan rings is 1. The van der Waals surface area contributed by atoms with Crippen molar-refractivity contribution in [2.24, 2.45) is 0 Å². The fraction of sp³-hybridized carbons (Fsp3) is 0.136. The van der Waals surface area contributed by atoms with Crippen molar-refractivity contribution in [3.05, 3.63) is 60.2 Å². The van der Waals surface area contributed by atoms with E-state index in [0.717, 1.165) is 16.4 Å². The zero-order valence-electron chi connectivity index (χ0n) is 15.7. The summed E-state index contributed by atoms with van der Waals surface area (Å²) in [5.41, 5.74) is 2.54. The minimum Gasteiger partial charge on any atom is -0.493 e. The van der Waals surface area contributed by atoms with Gasteiger partial charge in [-0.1, -0.05) is 18.2 Å². The summed E-state index contributed by atoms with van der Waals surface area (Å²) in [5, 5.41) is 4.93. The Kier molecular flexibility index (Phi) is 4.53. The first-order chi connectivity index (χ1) is 13.6. The Balaban J connectivity index is 1.67. The monoisotopic (exact) mass is 377 g/mol. The molecule has 1 amide bonds. The number of anilines is 1. The molecule has 0 aliphatic heterocycles. The number of carbonyl (C=O) groups excluding carboxylic acids is 1. The van der Waals surface area contributed by atoms with Crippen molar-refractivity contribution < 1.29 is 23.4 Å². The first-order valence-corrected chi connectivity index (χ1v) is 8.67. The maximum atomic E-state index is 12.8. The Morgan fingerprint density at radius 2 is 1.50 bits per heavy atom. The van der Waals surface area contributed by atoms with E-state index >= 15 is 0 Å². The Bertz CT molecular complexity index is 1150. The average molecular weight is 377 g/mol. The highest BCUT2D eigenvalue weighted by Gasteiger charge is 2.17. The molecule has 6 heteroatoms. The minimum atomic E-state index is -0.297. The lowest BCUT2D eigenvalue weighted by molar-refractivity contribution is 0.102. The topological polar surface area (TPSA) is 69.9 Å². The number of ether oxygens (including phenoxy) is 3. The molecule has 1 heterocycles. The second-order valence-electron chi connectivity index (χ2n) is 6.18. The van der Waals surface area contributed by atoms with Crippen LogP contribution in [-0.4, -0.2) is 27.2 Å². The molecule has 142 valence electrons. The fourth-order valence-electron chi connectivity index (χ4n) is 3.22. The number of para-hydroxylation sites is 1. The maximum absolute atomic E-state index is 12.8. The van der Waals surface area contributed by atoms with Crippen molar-refractivity contribution in [2.75, 3.05) is 26.6 Å². The highest BCUT2D eigenvalue weighted by molar-refractivity contribution is 6.08. The van der Waals surface area contributed by atoms with Crippen molar-refractivity contribution in [3.63, 3.8) is 0 Å². The quantitative estimate of drug-likeness (QED) is 0.538. The van der Waals surface area contributed by atoms with Gasteiger partial charge in [0.05, 0.1) is 21.3 Å². The lowest BCUT2D eigenvalue weighted by Crippen LogP contribution is -2.12. The second-order valence-corrected chi connectivity index (χ2v) is 6.18. The Labute approximate surface area is 161 Å². The van der Waals surface area contributed by atoms with Crippen LogP contribution in [0, 0.1) is 0 Å². The molecule has 6 nitrogen and oxygen atoms in total. The number of benzene rings is 3. The smallest absolute Gasteiger partial charge is 0.255 e. The van der Waals surface area contributed by atoms with Crippen LogP contribution in [0.1, 0.15) is 10.4 Å². The first kappa shape index (κ1) is 17.7. The molecule has 0 bridgehead atoms. The molecule has 0 spiro atoms. The molecule has 4 aromatic rings. The lowest BCUT2D eigenvalue weighted by Gasteiger charge is -2.14. The van der Waals surface area contributed by atoms with Gasteiger partial charge in [-0.3, -0.25) is 4.79 Å². The van der Waals surface area contributed by atoms with Gasteiger partial charge in [0.1, 0.15) is 11.2 Å². The van der Waals surface area contributed by atoms with Gasteiger partial charge in [-0.2, -0.15) is 0 Å².